The summed E-state index contributed by atoms with van der Waals surface area (Å²) >= 11 is 0. The summed E-state index contributed by atoms with van der Waals surface area (Å²) in [6, 6.07) is 0. The van der Waals surface area contributed by atoms with Gasteiger partial charge in [0.15, 0.2) is 0 Å². The minimum atomic E-state index is -0.661. The maximum Gasteiger partial charge on any atom is 0.303 e. The van der Waals surface area contributed by atoms with Gasteiger partial charge in [0.2, 0.25) is 0 Å². The van der Waals surface area contributed by atoms with Gasteiger partial charge in [-0.15, -0.1) is 12.4 Å². The van der Waals surface area contributed by atoms with Gasteiger partial charge in [0.05, 0.1) is 0 Å². The Bertz CT molecular complexity index is 126. The second kappa shape index (κ2) is 12.8. The van der Waals surface area contributed by atoms with Gasteiger partial charge in [-0.05, 0) is 6.42 Å². The molecule has 0 fully saturated rings. The van der Waals surface area contributed by atoms with Gasteiger partial charge in [-0.25, -0.2) is 0 Å². The summed E-state index contributed by atoms with van der Waals surface area (Å²) in [7, 11) is 0. The van der Waals surface area contributed by atoms with Crippen LogP contribution >= 0.6 is 12.4 Å². The highest BCUT2D eigenvalue weighted by atomic mass is 35.5. The summed E-state index contributed by atoms with van der Waals surface area (Å²) in [6.45, 7) is 2.22. The summed E-state index contributed by atoms with van der Waals surface area (Å²) in [5.41, 5.74) is 0. The Morgan fingerprint density at radius 3 is 1.79 bits per heavy atom. The van der Waals surface area contributed by atoms with Gasteiger partial charge in [0, 0.05) is 6.42 Å². The molecule has 0 aliphatic heterocycles. The molecule has 0 atom stereocenters. The lowest BCUT2D eigenvalue weighted by Crippen LogP contribution is -1.93. The first kappa shape index (κ1) is 16.2. The van der Waals surface area contributed by atoms with E-state index >= 15 is 0 Å². The summed E-state index contributed by atoms with van der Waals surface area (Å²) in [5.74, 6) is -0.661. The second-order valence-corrected chi connectivity index (χ2v) is 3.62. The van der Waals surface area contributed by atoms with Crippen molar-refractivity contribution in [2.24, 2.45) is 0 Å². The highest BCUT2D eigenvalue weighted by Gasteiger charge is 1.95. The fraction of sp³-hybridized carbons (Fsp3) is 0.909. The number of unbranched alkanes of at least 4 members (excludes halogenated alkanes) is 7. The van der Waals surface area contributed by atoms with Crippen LogP contribution < -0.4 is 0 Å². The van der Waals surface area contributed by atoms with E-state index in [1.807, 2.05) is 0 Å². The molecule has 0 radical (unpaired) electrons. The molecule has 0 spiro atoms. The van der Waals surface area contributed by atoms with Crippen molar-refractivity contribution >= 4 is 18.4 Å². The topological polar surface area (TPSA) is 37.3 Å². The van der Waals surface area contributed by atoms with E-state index in [0.29, 0.717) is 6.42 Å². The molecule has 0 saturated heterocycles. The third kappa shape index (κ3) is 14.3. The second-order valence-electron chi connectivity index (χ2n) is 3.62. The van der Waals surface area contributed by atoms with Crippen LogP contribution in [0.4, 0.5) is 0 Å². The average molecular weight is 223 g/mol. The standard InChI is InChI=1S/C11H22O2.ClH/c1-2-3-4-5-6-7-8-9-10-11(12)13;/h2-10H2,1H3,(H,12,13);1H. The van der Waals surface area contributed by atoms with Crippen LogP contribution in [0, 0.1) is 0 Å². The van der Waals surface area contributed by atoms with Crippen LogP contribution in [0.25, 0.3) is 0 Å². The van der Waals surface area contributed by atoms with Crippen LogP contribution in [0.5, 0.6) is 0 Å². The van der Waals surface area contributed by atoms with Crippen molar-refractivity contribution in [3.05, 3.63) is 0 Å². The molecule has 0 saturated carbocycles. The number of aliphatic carboxylic acids is 1. The Balaban J connectivity index is 0. The fourth-order valence-corrected chi connectivity index (χ4v) is 1.41. The first-order valence-electron chi connectivity index (χ1n) is 5.49. The van der Waals surface area contributed by atoms with Gasteiger partial charge >= 0.3 is 5.97 Å². The van der Waals surface area contributed by atoms with E-state index in [9.17, 15) is 4.79 Å². The molecular formula is C11H23ClO2. The highest BCUT2D eigenvalue weighted by molar-refractivity contribution is 5.85. The molecule has 0 aromatic carbocycles. The minimum absolute atomic E-state index is 0. The molecule has 0 aliphatic carbocycles. The summed E-state index contributed by atoms with van der Waals surface area (Å²) in [4.78, 5) is 10.2. The zero-order valence-electron chi connectivity index (χ0n) is 9.13. The van der Waals surface area contributed by atoms with Crippen molar-refractivity contribution in [1.29, 1.82) is 0 Å². The predicted octanol–water partition coefficient (Wildman–Crippen LogP) is 4.02. The Labute approximate surface area is 93.5 Å². The molecule has 0 aliphatic rings. The molecule has 0 heterocycles. The Hall–Kier alpha value is -0.240. The van der Waals surface area contributed by atoms with Crippen molar-refractivity contribution in [3.63, 3.8) is 0 Å². The van der Waals surface area contributed by atoms with Crippen molar-refractivity contribution < 1.29 is 9.90 Å². The van der Waals surface area contributed by atoms with Crippen molar-refractivity contribution in [2.45, 2.75) is 64.7 Å². The van der Waals surface area contributed by atoms with Crippen LogP contribution in [0.2, 0.25) is 0 Å². The number of hydrogen-bond donors (Lipinski definition) is 1. The monoisotopic (exact) mass is 222 g/mol. The number of carbonyl (C=O) groups is 1. The molecule has 2 nitrogen and oxygen atoms in total. The maximum absolute atomic E-state index is 10.2. The lowest BCUT2D eigenvalue weighted by molar-refractivity contribution is -0.137. The van der Waals surface area contributed by atoms with E-state index in [0.717, 1.165) is 12.8 Å². The lowest BCUT2D eigenvalue weighted by atomic mass is 10.1. The van der Waals surface area contributed by atoms with Gasteiger partial charge in [-0.2, -0.15) is 0 Å². The van der Waals surface area contributed by atoms with E-state index in [-0.39, 0.29) is 12.4 Å². The van der Waals surface area contributed by atoms with E-state index in [4.69, 9.17) is 5.11 Å². The maximum atomic E-state index is 10.2. The van der Waals surface area contributed by atoms with Crippen molar-refractivity contribution in [3.8, 4) is 0 Å². The molecule has 0 unspecified atom stereocenters. The molecule has 1 N–H and O–H groups in total. The van der Waals surface area contributed by atoms with Crippen LogP contribution in [0.1, 0.15) is 64.7 Å². The fourth-order valence-electron chi connectivity index (χ4n) is 1.41. The third-order valence-electron chi connectivity index (χ3n) is 2.24. The van der Waals surface area contributed by atoms with Gasteiger partial charge in [-0.1, -0.05) is 51.9 Å². The Kier molecular flexibility index (Phi) is 14.8. The Morgan fingerprint density at radius 2 is 1.36 bits per heavy atom. The number of carboxylic acid groups (broad SMARTS) is 1. The number of halogens is 1. The van der Waals surface area contributed by atoms with E-state index in [1.165, 1.54) is 38.5 Å². The third-order valence-corrected chi connectivity index (χ3v) is 2.24. The molecule has 0 bridgehead atoms. The van der Waals surface area contributed by atoms with Crippen molar-refractivity contribution in [1.82, 2.24) is 0 Å². The average Bonchev–Trinajstić information content (AvgIpc) is 2.09. The normalized spacial score (nSPS) is 9.50. The van der Waals surface area contributed by atoms with Crippen LogP contribution in [-0.4, -0.2) is 11.1 Å². The highest BCUT2D eigenvalue weighted by Crippen LogP contribution is 2.09. The minimum Gasteiger partial charge on any atom is -0.481 e. The SMILES string of the molecule is CCCCCCCCCCC(=O)O.Cl. The van der Waals surface area contributed by atoms with E-state index in [1.54, 1.807) is 0 Å². The predicted molar refractivity (Wildman–Crippen MR) is 62.1 cm³/mol. The Morgan fingerprint density at radius 1 is 0.929 bits per heavy atom. The molecule has 0 aromatic heterocycles. The van der Waals surface area contributed by atoms with Crippen LogP contribution in [0.3, 0.4) is 0 Å². The first-order chi connectivity index (χ1) is 6.27. The number of rotatable bonds is 9. The molecule has 0 aromatic rings. The molecule has 0 rings (SSSR count). The summed E-state index contributed by atoms with van der Waals surface area (Å²) in [5, 5.41) is 8.39. The summed E-state index contributed by atoms with van der Waals surface area (Å²) < 4.78 is 0. The van der Waals surface area contributed by atoms with E-state index < -0.39 is 5.97 Å². The molecule has 14 heavy (non-hydrogen) atoms. The van der Waals surface area contributed by atoms with Gasteiger partial charge < -0.3 is 5.11 Å². The van der Waals surface area contributed by atoms with Gasteiger partial charge in [0.25, 0.3) is 0 Å². The van der Waals surface area contributed by atoms with E-state index in [2.05, 4.69) is 6.92 Å². The van der Waals surface area contributed by atoms with Gasteiger partial charge in [-0.3, -0.25) is 4.79 Å². The first-order valence-corrected chi connectivity index (χ1v) is 5.49. The number of carboxylic acids is 1. The quantitative estimate of drug-likeness (QED) is 0.599. The smallest absolute Gasteiger partial charge is 0.303 e. The van der Waals surface area contributed by atoms with Gasteiger partial charge in [0.1, 0.15) is 0 Å². The summed E-state index contributed by atoms with van der Waals surface area (Å²) in [6.07, 6.45) is 10.1. The molecule has 3 heteroatoms. The van der Waals surface area contributed by atoms with Crippen LogP contribution in [-0.2, 0) is 4.79 Å². The van der Waals surface area contributed by atoms with Crippen LogP contribution in [0.15, 0.2) is 0 Å². The number of hydrogen-bond acceptors (Lipinski definition) is 1. The van der Waals surface area contributed by atoms with Crippen molar-refractivity contribution in [2.75, 3.05) is 0 Å². The molecular weight excluding hydrogens is 200 g/mol. The lowest BCUT2D eigenvalue weighted by Gasteiger charge is -1.99. The zero-order chi connectivity index (χ0) is 9.94. The largest absolute Gasteiger partial charge is 0.481 e. The molecule has 0 amide bonds. The zero-order valence-corrected chi connectivity index (χ0v) is 9.94. The molecule has 86 valence electrons.